The molecule has 2 amide bonds. The first-order valence-corrected chi connectivity index (χ1v) is 8.06. The van der Waals surface area contributed by atoms with Gasteiger partial charge in [0.1, 0.15) is 6.04 Å². The Bertz CT molecular complexity index is 554. The fourth-order valence-corrected chi connectivity index (χ4v) is 2.96. The summed E-state index contributed by atoms with van der Waals surface area (Å²) in [6.07, 6.45) is 0.715. The number of rotatable bonds is 5. The number of aryl methyl sites for hydroxylation is 1. The molecule has 0 unspecified atom stereocenters. The zero-order valence-electron chi connectivity index (χ0n) is 14.0. The van der Waals surface area contributed by atoms with Gasteiger partial charge in [-0.05, 0) is 37.3 Å². The highest BCUT2D eigenvalue weighted by molar-refractivity contribution is 5.94. The van der Waals surface area contributed by atoms with Crippen LogP contribution in [0.25, 0.3) is 0 Å². The van der Waals surface area contributed by atoms with E-state index >= 15 is 0 Å². The molecule has 1 atom stereocenters. The van der Waals surface area contributed by atoms with Crippen molar-refractivity contribution in [2.75, 3.05) is 13.1 Å². The van der Waals surface area contributed by atoms with E-state index in [1.807, 2.05) is 38.1 Å². The molecular formula is C18H26N2O2. The largest absolute Gasteiger partial charge is 0.332 e. The van der Waals surface area contributed by atoms with E-state index in [-0.39, 0.29) is 24.4 Å². The van der Waals surface area contributed by atoms with Gasteiger partial charge in [0.15, 0.2) is 0 Å². The Morgan fingerprint density at radius 3 is 2.50 bits per heavy atom. The van der Waals surface area contributed by atoms with Crippen LogP contribution in [-0.4, -0.2) is 40.7 Å². The number of carbonyl (C=O) groups is 2. The van der Waals surface area contributed by atoms with Gasteiger partial charge in [0.2, 0.25) is 11.8 Å². The van der Waals surface area contributed by atoms with Crippen LogP contribution in [-0.2, 0) is 16.1 Å². The van der Waals surface area contributed by atoms with E-state index in [0.717, 1.165) is 11.1 Å². The normalized spacial score (nSPS) is 19.2. The first kappa shape index (κ1) is 16.5. The number of hydrogen-bond acceptors (Lipinski definition) is 2. The van der Waals surface area contributed by atoms with Crippen molar-refractivity contribution in [2.45, 2.75) is 46.7 Å². The third-order valence-corrected chi connectivity index (χ3v) is 4.30. The molecule has 0 saturated carbocycles. The van der Waals surface area contributed by atoms with Gasteiger partial charge in [-0.25, -0.2) is 0 Å². The lowest BCUT2D eigenvalue weighted by atomic mass is 9.97. The molecule has 0 bridgehead atoms. The van der Waals surface area contributed by atoms with Crippen molar-refractivity contribution in [3.63, 3.8) is 0 Å². The van der Waals surface area contributed by atoms with Crippen molar-refractivity contribution in [2.24, 2.45) is 5.92 Å². The van der Waals surface area contributed by atoms with Gasteiger partial charge in [-0.2, -0.15) is 0 Å². The van der Waals surface area contributed by atoms with Gasteiger partial charge in [0.05, 0.1) is 6.54 Å². The number of piperazine rings is 1. The monoisotopic (exact) mass is 302 g/mol. The molecule has 0 spiro atoms. The molecule has 0 N–H and O–H groups in total. The van der Waals surface area contributed by atoms with Crippen LogP contribution in [0.2, 0.25) is 0 Å². The van der Waals surface area contributed by atoms with Gasteiger partial charge < -0.3 is 9.80 Å². The highest BCUT2D eigenvalue weighted by Crippen LogP contribution is 2.22. The SMILES string of the molecule is CCN1CC(=O)N(Cc2ccccc2C)[C@@H](CC(C)C)C1=O. The maximum atomic E-state index is 12.7. The number of hydrogen-bond donors (Lipinski definition) is 0. The number of benzene rings is 1. The van der Waals surface area contributed by atoms with E-state index in [0.29, 0.717) is 25.4 Å². The molecule has 1 aromatic rings. The van der Waals surface area contributed by atoms with Gasteiger partial charge in [0, 0.05) is 13.1 Å². The van der Waals surface area contributed by atoms with E-state index < -0.39 is 0 Å². The van der Waals surface area contributed by atoms with Crippen molar-refractivity contribution in [1.29, 1.82) is 0 Å². The molecule has 1 fully saturated rings. The Kier molecular flexibility index (Phi) is 5.22. The second-order valence-corrected chi connectivity index (χ2v) is 6.45. The van der Waals surface area contributed by atoms with Crippen LogP contribution < -0.4 is 0 Å². The molecule has 22 heavy (non-hydrogen) atoms. The molecule has 4 nitrogen and oxygen atoms in total. The minimum atomic E-state index is -0.333. The maximum Gasteiger partial charge on any atom is 0.245 e. The predicted octanol–water partition coefficient (Wildman–Crippen LogP) is 2.60. The quantitative estimate of drug-likeness (QED) is 0.839. The molecular weight excluding hydrogens is 276 g/mol. The van der Waals surface area contributed by atoms with E-state index in [2.05, 4.69) is 13.8 Å². The summed E-state index contributed by atoms with van der Waals surface area (Å²) in [4.78, 5) is 28.6. The van der Waals surface area contributed by atoms with Gasteiger partial charge in [0.25, 0.3) is 0 Å². The predicted molar refractivity (Wildman–Crippen MR) is 87.2 cm³/mol. The fourth-order valence-electron chi connectivity index (χ4n) is 2.96. The minimum absolute atomic E-state index is 0.0513. The van der Waals surface area contributed by atoms with E-state index in [4.69, 9.17) is 0 Å². The molecule has 1 aromatic carbocycles. The zero-order valence-corrected chi connectivity index (χ0v) is 14.0. The Hall–Kier alpha value is -1.84. The number of carbonyl (C=O) groups excluding carboxylic acids is 2. The molecule has 1 heterocycles. The van der Waals surface area contributed by atoms with E-state index in [1.165, 1.54) is 0 Å². The molecule has 0 aromatic heterocycles. The summed E-state index contributed by atoms with van der Waals surface area (Å²) in [5.74, 6) is 0.512. The molecule has 1 saturated heterocycles. The summed E-state index contributed by atoms with van der Waals surface area (Å²) in [7, 11) is 0. The Morgan fingerprint density at radius 1 is 1.23 bits per heavy atom. The lowest BCUT2D eigenvalue weighted by Crippen LogP contribution is -2.59. The summed E-state index contributed by atoms with van der Waals surface area (Å²) in [5, 5.41) is 0. The van der Waals surface area contributed by atoms with Crippen molar-refractivity contribution in [3.8, 4) is 0 Å². The summed E-state index contributed by atoms with van der Waals surface area (Å²) in [6.45, 7) is 9.47. The van der Waals surface area contributed by atoms with Crippen LogP contribution in [0.1, 0.15) is 38.3 Å². The fraction of sp³-hybridized carbons (Fsp3) is 0.556. The van der Waals surface area contributed by atoms with Crippen LogP contribution in [0.4, 0.5) is 0 Å². The smallest absolute Gasteiger partial charge is 0.245 e. The van der Waals surface area contributed by atoms with Crippen LogP contribution in [0.5, 0.6) is 0 Å². The first-order valence-electron chi connectivity index (χ1n) is 8.06. The van der Waals surface area contributed by atoms with Crippen LogP contribution in [0.3, 0.4) is 0 Å². The number of amides is 2. The first-order chi connectivity index (χ1) is 10.4. The maximum absolute atomic E-state index is 12.7. The van der Waals surface area contributed by atoms with Crippen molar-refractivity contribution in [3.05, 3.63) is 35.4 Å². The number of nitrogens with zero attached hydrogens (tertiary/aromatic N) is 2. The Labute approximate surface area is 133 Å². The van der Waals surface area contributed by atoms with Crippen molar-refractivity contribution in [1.82, 2.24) is 9.80 Å². The summed E-state index contributed by atoms with van der Waals surface area (Å²) in [5.41, 5.74) is 2.27. The molecule has 1 aliphatic heterocycles. The third kappa shape index (κ3) is 3.49. The van der Waals surface area contributed by atoms with Crippen molar-refractivity contribution < 1.29 is 9.59 Å². The minimum Gasteiger partial charge on any atom is -0.332 e. The van der Waals surface area contributed by atoms with Gasteiger partial charge in [-0.3, -0.25) is 9.59 Å². The molecule has 120 valence electrons. The average Bonchev–Trinajstić information content (AvgIpc) is 2.47. The Morgan fingerprint density at radius 2 is 1.91 bits per heavy atom. The lowest BCUT2D eigenvalue weighted by Gasteiger charge is -2.41. The Balaban J connectivity index is 2.27. The van der Waals surface area contributed by atoms with E-state index in [9.17, 15) is 9.59 Å². The van der Waals surface area contributed by atoms with Gasteiger partial charge in [-0.15, -0.1) is 0 Å². The highest BCUT2D eigenvalue weighted by atomic mass is 16.2. The average molecular weight is 302 g/mol. The highest BCUT2D eigenvalue weighted by Gasteiger charge is 2.38. The van der Waals surface area contributed by atoms with Crippen molar-refractivity contribution >= 4 is 11.8 Å². The third-order valence-electron chi connectivity index (χ3n) is 4.30. The lowest BCUT2D eigenvalue weighted by molar-refractivity contribution is -0.157. The van der Waals surface area contributed by atoms with Crippen LogP contribution >= 0.6 is 0 Å². The topological polar surface area (TPSA) is 40.6 Å². The molecule has 1 aliphatic rings. The summed E-state index contributed by atoms with van der Waals surface area (Å²) < 4.78 is 0. The molecule has 2 rings (SSSR count). The van der Waals surface area contributed by atoms with Crippen LogP contribution in [0.15, 0.2) is 24.3 Å². The number of likely N-dealkylation sites (N-methyl/N-ethyl adjacent to an activating group) is 1. The second-order valence-electron chi connectivity index (χ2n) is 6.45. The molecule has 4 heteroatoms. The standard InChI is InChI=1S/C18H26N2O2/c1-5-19-12-17(21)20(16(18(19)22)10-13(2)3)11-15-9-7-6-8-14(15)4/h6-9,13,16H,5,10-12H2,1-4H3/t16-/m0/s1. The summed E-state index contributed by atoms with van der Waals surface area (Å²) >= 11 is 0. The van der Waals surface area contributed by atoms with E-state index in [1.54, 1.807) is 9.80 Å². The van der Waals surface area contributed by atoms with Crippen LogP contribution in [0, 0.1) is 12.8 Å². The van der Waals surface area contributed by atoms with Gasteiger partial charge >= 0.3 is 0 Å². The zero-order chi connectivity index (χ0) is 16.3. The van der Waals surface area contributed by atoms with Gasteiger partial charge in [-0.1, -0.05) is 38.1 Å². The summed E-state index contributed by atoms with van der Waals surface area (Å²) in [6, 6.07) is 7.72. The second kappa shape index (κ2) is 6.95. The molecule has 0 aliphatic carbocycles. The molecule has 0 radical (unpaired) electrons.